The number of nitro groups is 1. The Bertz CT molecular complexity index is 1290. The second kappa shape index (κ2) is 7.43. The van der Waals surface area contributed by atoms with E-state index in [9.17, 15) is 19.7 Å². The number of hydrogen-bond acceptors (Lipinski definition) is 4. The summed E-state index contributed by atoms with van der Waals surface area (Å²) in [7, 11) is 0. The van der Waals surface area contributed by atoms with Gasteiger partial charge in [0.1, 0.15) is 12.6 Å². The molecule has 1 saturated carbocycles. The summed E-state index contributed by atoms with van der Waals surface area (Å²) in [6, 6.07) is 13.3. The molecule has 2 fully saturated rings. The molecule has 1 N–H and O–H groups in total. The number of non-ortho nitro benzene ring substituents is 1. The van der Waals surface area contributed by atoms with E-state index in [-0.39, 0.29) is 30.1 Å². The van der Waals surface area contributed by atoms with Gasteiger partial charge in [0.05, 0.1) is 11.0 Å². The Morgan fingerprint density at radius 3 is 2.61 bits per heavy atom. The number of benzene rings is 2. The molecule has 3 aromatic rings. The molecule has 2 amide bonds. The number of amides is 2. The normalized spacial score (nSPS) is 23.2. The van der Waals surface area contributed by atoms with Gasteiger partial charge in [-0.3, -0.25) is 19.7 Å². The number of piperazine rings is 1. The number of carbonyl (C=O) groups excluding carboxylic acids is 2. The maximum atomic E-state index is 13.7. The predicted octanol–water partition coefficient (Wildman–Crippen LogP) is 3.70. The van der Waals surface area contributed by atoms with E-state index in [1.807, 2.05) is 24.3 Å². The summed E-state index contributed by atoms with van der Waals surface area (Å²) in [5.74, 6) is -0.111. The van der Waals surface area contributed by atoms with Gasteiger partial charge >= 0.3 is 0 Å². The van der Waals surface area contributed by atoms with E-state index in [0.717, 1.165) is 47.8 Å². The van der Waals surface area contributed by atoms with E-state index in [4.69, 9.17) is 0 Å². The molecule has 2 aromatic carbocycles. The van der Waals surface area contributed by atoms with Crippen molar-refractivity contribution in [2.75, 3.05) is 6.54 Å². The van der Waals surface area contributed by atoms with Crippen molar-refractivity contribution in [3.8, 4) is 0 Å². The number of aromatic amines is 1. The number of hydrogen-bond donors (Lipinski definition) is 1. The number of H-pyrrole nitrogens is 1. The number of para-hydroxylation sites is 1. The van der Waals surface area contributed by atoms with Crippen molar-refractivity contribution < 1.29 is 14.5 Å². The van der Waals surface area contributed by atoms with Crippen LogP contribution in [0.5, 0.6) is 0 Å². The van der Waals surface area contributed by atoms with Crippen LogP contribution in [0.3, 0.4) is 0 Å². The molecule has 1 aliphatic carbocycles. The number of carbonyl (C=O) groups is 2. The molecule has 0 unspecified atom stereocenters. The van der Waals surface area contributed by atoms with Crippen molar-refractivity contribution in [3.05, 3.63) is 75.5 Å². The number of fused-ring (bicyclic) bond motifs is 4. The standard InChI is InChI=1S/C25H24N4O4/c30-22-14-27(16-7-1-2-8-16)25(31)21-13-19-18-10-3-4-11-20(18)26-23(19)24(28(21)22)15-6-5-9-17(12-15)29(32)33/h3-6,9-12,16,21,24,26H,1-2,7-8,13-14H2/t21-,24+/m1/s1. The first kappa shape index (κ1) is 20.0. The highest BCUT2D eigenvalue weighted by Gasteiger charge is 2.49. The van der Waals surface area contributed by atoms with E-state index < -0.39 is 17.0 Å². The maximum Gasteiger partial charge on any atom is 0.269 e. The molecule has 33 heavy (non-hydrogen) atoms. The van der Waals surface area contributed by atoms with Gasteiger partial charge in [-0.25, -0.2) is 0 Å². The van der Waals surface area contributed by atoms with Gasteiger partial charge in [-0.2, -0.15) is 0 Å². The predicted molar refractivity (Wildman–Crippen MR) is 122 cm³/mol. The zero-order valence-corrected chi connectivity index (χ0v) is 18.1. The molecule has 1 saturated heterocycles. The summed E-state index contributed by atoms with van der Waals surface area (Å²) >= 11 is 0. The summed E-state index contributed by atoms with van der Waals surface area (Å²) in [5, 5.41) is 12.5. The van der Waals surface area contributed by atoms with Crippen molar-refractivity contribution in [1.29, 1.82) is 0 Å². The van der Waals surface area contributed by atoms with Gasteiger partial charge in [-0.1, -0.05) is 43.2 Å². The molecular formula is C25H24N4O4. The average molecular weight is 444 g/mol. The number of nitro benzene ring substituents is 1. The lowest BCUT2D eigenvalue weighted by molar-refractivity contribution is -0.384. The highest BCUT2D eigenvalue weighted by Crippen LogP contribution is 2.43. The van der Waals surface area contributed by atoms with Crippen LogP contribution in [0.1, 0.15) is 48.5 Å². The first-order valence-electron chi connectivity index (χ1n) is 11.5. The summed E-state index contributed by atoms with van der Waals surface area (Å²) < 4.78 is 0. The van der Waals surface area contributed by atoms with Crippen molar-refractivity contribution in [3.63, 3.8) is 0 Å². The Hall–Kier alpha value is -3.68. The van der Waals surface area contributed by atoms with Crippen molar-refractivity contribution in [1.82, 2.24) is 14.8 Å². The molecule has 2 atom stereocenters. The smallest absolute Gasteiger partial charge is 0.269 e. The third-order valence-electron chi connectivity index (χ3n) is 7.46. The quantitative estimate of drug-likeness (QED) is 0.492. The number of rotatable bonds is 3. The average Bonchev–Trinajstić information content (AvgIpc) is 3.48. The minimum absolute atomic E-state index is 0.00661. The lowest BCUT2D eigenvalue weighted by Gasteiger charge is -2.48. The first-order valence-corrected chi connectivity index (χ1v) is 11.5. The highest BCUT2D eigenvalue weighted by molar-refractivity contribution is 5.97. The van der Waals surface area contributed by atoms with Crippen molar-refractivity contribution >= 4 is 28.4 Å². The third kappa shape index (κ3) is 3.04. The van der Waals surface area contributed by atoms with Gasteiger partial charge in [0.15, 0.2) is 0 Å². The van der Waals surface area contributed by atoms with Gasteiger partial charge in [-0.15, -0.1) is 0 Å². The highest BCUT2D eigenvalue weighted by atomic mass is 16.6. The topological polar surface area (TPSA) is 99.5 Å². The molecule has 168 valence electrons. The first-order chi connectivity index (χ1) is 16.0. The van der Waals surface area contributed by atoms with Crippen LogP contribution in [-0.2, 0) is 16.0 Å². The van der Waals surface area contributed by atoms with Crippen LogP contribution in [0.2, 0.25) is 0 Å². The van der Waals surface area contributed by atoms with Crippen LogP contribution in [0.25, 0.3) is 10.9 Å². The SMILES string of the molecule is O=C1[C@H]2Cc3c([nH]c4ccccc34)[C@H](c3cccc([N+](=O)[O-])c3)N2C(=O)CN1C1CCCC1. The fourth-order valence-electron chi connectivity index (χ4n) is 5.97. The van der Waals surface area contributed by atoms with Crippen LogP contribution in [0.15, 0.2) is 48.5 Å². The Kier molecular flexibility index (Phi) is 4.50. The van der Waals surface area contributed by atoms with Crippen LogP contribution in [0, 0.1) is 10.1 Å². The molecule has 0 radical (unpaired) electrons. The zero-order valence-electron chi connectivity index (χ0n) is 18.1. The van der Waals surface area contributed by atoms with Crippen molar-refractivity contribution in [2.24, 2.45) is 0 Å². The zero-order chi connectivity index (χ0) is 22.7. The Labute approximate surface area is 190 Å². The van der Waals surface area contributed by atoms with Gasteiger partial charge in [0.25, 0.3) is 5.69 Å². The molecule has 2 aliphatic heterocycles. The van der Waals surface area contributed by atoms with Gasteiger partial charge in [-0.05, 0) is 30.0 Å². The number of nitrogens with zero attached hydrogens (tertiary/aromatic N) is 3. The Balaban J connectivity index is 1.52. The molecule has 1 aromatic heterocycles. The number of nitrogens with one attached hydrogen (secondary N) is 1. The summed E-state index contributed by atoms with van der Waals surface area (Å²) in [6.45, 7) is 0.0704. The Morgan fingerprint density at radius 2 is 1.82 bits per heavy atom. The molecule has 0 bridgehead atoms. The second-order valence-corrected chi connectivity index (χ2v) is 9.24. The van der Waals surface area contributed by atoms with E-state index in [0.29, 0.717) is 12.0 Å². The van der Waals surface area contributed by atoms with Gasteiger partial charge in [0.2, 0.25) is 11.8 Å². The monoisotopic (exact) mass is 444 g/mol. The summed E-state index contributed by atoms with van der Waals surface area (Å²) in [4.78, 5) is 45.2. The van der Waals surface area contributed by atoms with E-state index in [1.54, 1.807) is 21.9 Å². The lowest BCUT2D eigenvalue weighted by atomic mass is 9.85. The minimum atomic E-state index is -0.609. The van der Waals surface area contributed by atoms with E-state index in [2.05, 4.69) is 4.98 Å². The maximum absolute atomic E-state index is 13.7. The summed E-state index contributed by atoms with van der Waals surface area (Å²) in [5.41, 5.74) is 3.39. The van der Waals surface area contributed by atoms with Crippen LogP contribution in [0.4, 0.5) is 5.69 Å². The van der Waals surface area contributed by atoms with Gasteiger partial charge in [0, 0.05) is 41.2 Å². The third-order valence-corrected chi connectivity index (χ3v) is 7.46. The molecule has 0 spiro atoms. The molecule has 3 aliphatic rings. The van der Waals surface area contributed by atoms with Crippen LogP contribution >= 0.6 is 0 Å². The van der Waals surface area contributed by atoms with Crippen LogP contribution < -0.4 is 0 Å². The summed E-state index contributed by atoms with van der Waals surface area (Å²) in [6.07, 6.45) is 4.50. The molecular weight excluding hydrogens is 420 g/mol. The van der Waals surface area contributed by atoms with Gasteiger partial charge < -0.3 is 14.8 Å². The number of aromatic nitrogens is 1. The molecule has 3 heterocycles. The molecule has 8 heteroatoms. The fourth-order valence-corrected chi connectivity index (χ4v) is 5.97. The largest absolute Gasteiger partial charge is 0.356 e. The lowest BCUT2D eigenvalue weighted by Crippen LogP contribution is -2.64. The van der Waals surface area contributed by atoms with E-state index in [1.165, 1.54) is 12.1 Å². The Morgan fingerprint density at radius 1 is 1.03 bits per heavy atom. The van der Waals surface area contributed by atoms with E-state index >= 15 is 0 Å². The minimum Gasteiger partial charge on any atom is -0.356 e. The fraction of sp³-hybridized carbons (Fsp3) is 0.360. The van der Waals surface area contributed by atoms with Crippen molar-refractivity contribution in [2.45, 2.75) is 50.2 Å². The second-order valence-electron chi connectivity index (χ2n) is 9.24. The molecule has 6 rings (SSSR count). The van der Waals surface area contributed by atoms with Crippen LogP contribution in [-0.4, -0.2) is 50.1 Å². The molecule has 8 nitrogen and oxygen atoms in total.